The van der Waals surface area contributed by atoms with Crippen LogP contribution < -0.4 is 10.2 Å². The Morgan fingerprint density at radius 1 is 1.09 bits per heavy atom. The number of thiocarbonyl (C=S) groups is 1. The van der Waals surface area contributed by atoms with Gasteiger partial charge in [0.15, 0.2) is 0 Å². The zero-order valence-corrected chi connectivity index (χ0v) is 19.3. The van der Waals surface area contributed by atoms with Crippen molar-refractivity contribution >= 4 is 63.0 Å². The molecular weight excluding hydrogens is 442 g/mol. The van der Waals surface area contributed by atoms with E-state index in [9.17, 15) is 14.4 Å². The van der Waals surface area contributed by atoms with Crippen LogP contribution in [0.3, 0.4) is 0 Å². The molecule has 0 spiro atoms. The summed E-state index contributed by atoms with van der Waals surface area (Å²) in [7, 11) is 0. The van der Waals surface area contributed by atoms with E-state index < -0.39 is 0 Å². The van der Waals surface area contributed by atoms with Gasteiger partial charge >= 0.3 is 0 Å². The highest BCUT2D eigenvalue weighted by molar-refractivity contribution is 8.26. The first-order chi connectivity index (χ1) is 15.3. The summed E-state index contributed by atoms with van der Waals surface area (Å²) in [5, 5.41) is 2.85. The molecule has 1 N–H and O–H groups in total. The number of nitrogens with zero attached hydrogens (tertiary/aromatic N) is 2. The van der Waals surface area contributed by atoms with Gasteiger partial charge in [0.1, 0.15) is 10.9 Å². The van der Waals surface area contributed by atoms with Crippen molar-refractivity contribution in [3.63, 3.8) is 0 Å². The van der Waals surface area contributed by atoms with Gasteiger partial charge in [-0.05, 0) is 43.2 Å². The zero-order chi connectivity index (χ0) is 23.0. The van der Waals surface area contributed by atoms with Crippen LogP contribution in [-0.4, -0.2) is 40.0 Å². The molecule has 4 rings (SSSR count). The number of fused-ring (bicyclic) bond motifs is 1. The van der Waals surface area contributed by atoms with Crippen molar-refractivity contribution in [3.8, 4) is 0 Å². The van der Waals surface area contributed by atoms with Gasteiger partial charge in [0.25, 0.3) is 11.8 Å². The smallest absolute Gasteiger partial charge is 0.267 e. The van der Waals surface area contributed by atoms with Gasteiger partial charge < -0.3 is 5.32 Å². The number of thioether (sulfide) groups is 1. The number of hydrogen-bond donors (Lipinski definition) is 1. The summed E-state index contributed by atoms with van der Waals surface area (Å²) < 4.78 is 0.383. The summed E-state index contributed by atoms with van der Waals surface area (Å²) in [5.41, 5.74) is 4.36. The van der Waals surface area contributed by atoms with Gasteiger partial charge in [0, 0.05) is 17.8 Å². The van der Waals surface area contributed by atoms with Crippen molar-refractivity contribution in [3.05, 3.63) is 76.7 Å². The summed E-state index contributed by atoms with van der Waals surface area (Å²) in [5.74, 6) is -1.03. The normalized spacial score (nSPS) is 17.8. The molecule has 1 saturated heterocycles. The Morgan fingerprint density at radius 2 is 1.84 bits per heavy atom. The van der Waals surface area contributed by atoms with Gasteiger partial charge in [0.05, 0.1) is 16.2 Å². The van der Waals surface area contributed by atoms with Crippen LogP contribution in [0.15, 0.2) is 60.0 Å². The van der Waals surface area contributed by atoms with E-state index in [1.165, 1.54) is 9.80 Å². The standard InChI is InChI=1S/C24H21N3O3S2/c1-4-11-26-23(30)21(32-24(26)31)20-17-7-5-6-8-18(17)27(22(20)29)13-19(28)25-16-10-9-14(2)15(3)12-16/h4-10,12H,1,11,13H2,2-3H3,(H,25,28). The Labute approximate surface area is 196 Å². The molecule has 0 atom stereocenters. The van der Waals surface area contributed by atoms with Gasteiger partial charge in [0.2, 0.25) is 5.91 Å². The summed E-state index contributed by atoms with van der Waals surface area (Å²) in [4.78, 5) is 42.2. The van der Waals surface area contributed by atoms with Crippen LogP contribution in [0.4, 0.5) is 11.4 Å². The molecule has 0 bridgehead atoms. The molecule has 2 heterocycles. The molecule has 0 unspecified atom stereocenters. The fourth-order valence-corrected chi connectivity index (χ4v) is 5.00. The summed E-state index contributed by atoms with van der Waals surface area (Å²) in [6, 6.07) is 12.8. The van der Waals surface area contributed by atoms with Crippen LogP contribution in [0.2, 0.25) is 0 Å². The van der Waals surface area contributed by atoms with Gasteiger partial charge in [-0.3, -0.25) is 24.2 Å². The van der Waals surface area contributed by atoms with E-state index >= 15 is 0 Å². The van der Waals surface area contributed by atoms with E-state index in [1.807, 2.05) is 32.0 Å². The number of carbonyl (C=O) groups excluding carboxylic acids is 3. The molecule has 8 heteroatoms. The van der Waals surface area contributed by atoms with E-state index in [4.69, 9.17) is 12.2 Å². The molecule has 162 valence electrons. The molecule has 0 saturated carbocycles. The number of aryl methyl sites for hydroxylation is 2. The number of amides is 3. The molecule has 0 radical (unpaired) electrons. The second-order valence-corrected chi connectivity index (χ2v) is 9.18. The quantitative estimate of drug-likeness (QED) is 0.412. The third-order valence-electron chi connectivity index (χ3n) is 5.40. The molecular formula is C24H21N3O3S2. The van der Waals surface area contributed by atoms with E-state index in [2.05, 4.69) is 11.9 Å². The number of anilines is 2. The van der Waals surface area contributed by atoms with Crippen molar-refractivity contribution in [1.29, 1.82) is 0 Å². The number of carbonyl (C=O) groups is 3. The molecule has 0 aromatic heterocycles. The summed E-state index contributed by atoms with van der Waals surface area (Å²) in [6.07, 6.45) is 1.59. The fraction of sp³-hybridized carbons (Fsp3) is 0.167. The molecule has 32 heavy (non-hydrogen) atoms. The Hall–Kier alpha value is -3.23. The molecule has 2 aliphatic heterocycles. The van der Waals surface area contributed by atoms with Gasteiger partial charge in [-0.25, -0.2) is 0 Å². The predicted molar refractivity (Wildman–Crippen MR) is 132 cm³/mol. The van der Waals surface area contributed by atoms with Crippen LogP contribution >= 0.6 is 24.0 Å². The molecule has 2 aliphatic rings. The maximum absolute atomic E-state index is 13.4. The number of nitrogens with one attached hydrogen (secondary N) is 1. The van der Waals surface area contributed by atoms with E-state index in [0.29, 0.717) is 21.3 Å². The summed E-state index contributed by atoms with van der Waals surface area (Å²) in [6.45, 7) is 7.74. The monoisotopic (exact) mass is 463 g/mol. The van der Waals surface area contributed by atoms with Crippen molar-refractivity contribution in [2.75, 3.05) is 23.3 Å². The molecule has 3 amide bonds. The lowest BCUT2D eigenvalue weighted by atomic mass is 10.1. The Kier molecular flexibility index (Phi) is 5.99. The van der Waals surface area contributed by atoms with Crippen LogP contribution in [0.1, 0.15) is 16.7 Å². The highest BCUT2D eigenvalue weighted by Crippen LogP contribution is 2.44. The largest absolute Gasteiger partial charge is 0.325 e. The van der Waals surface area contributed by atoms with Crippen molar-refractivity contribution in [1.82, 2.24) is 4.90 Å². The van der Waals surface area contributed by atoms with Gasteiger partial charge in [-0.1, -0.05) is 54.3 Å². The number of benzene rings is 2. The van der Waals surface area contributed by atoms with Crippen LogP contribution in [0.5, 0.6) is 0 Å². The van der Waals surface area contributed by atoms with Gasteiger partial charge in [-0.2, -0.15) is 0 Å². The SMILES string of the molecule is C=CCN1C(=O)C(=C2C(=O)N(CC(=O)Nc3ccc(C)c(C)c3)c3ccccc32)SC1=S. The average molecular weight is 464 g/mol. The molecule has 2 aromatic carbocycles. The minimum absolute atomic E-state index is 0.167. The van der Waals surface area contributed by atoms with Crippen molar-refractivity contribution in [2.45, 2.75) is 13.8 Å². The Balaban J connectivity index is 1.64. The van der Waals surface area contributed by atoms with Gasteiger partial charge in [-0.15, -0.1) is 6.58 Å². The third kappa shape index (κ3) is 3.87. The predicted octanol–water partition coefficient (Wildman–Crippen LogP) is 4.05. The lowest BCUT2D eigenvalue weighted by Gasteiger charge is -2.17. The highest BCUT2D eigenvalue weighted by Gasteiger charge is 2.42. The Bertz CT molecular complexity index is 1220. The highest BCUT2D eigenvalue weighted by atomic mass is 32.2. The zero-order valence-electron chi connectivity index (χ0n) is 17.7. The Morgan fingerprint density at radius 3 is 2.56 bits per heavy atom. The lowest BCUT2D eigenvalue weighted by Crippen LogP contribution is -2.35. The summed E-state index contributed by atoms with van der Waals surface area (Å²) >= 11 is 6.43. The maximum Gasteiger partial charge on any atom is 0.267 e. The first-order valence-corrected chi connectivity index (χ1v) is 11.2. The van der Waals surface area contributed by atoms with E-state index in [-0.39, 0.29) is 41.3 Å². The fourth-order valence-electron chi connectivity index (χ4n) is 3.66. The lowest BCUT2D eigenvalue weighted by molar-refractivity contribution is -0.122. The first-order valence-electron chi connectivity index (χ1n) is 9.99. The van der Waals surface area contributed by atoms with Crippen molar-refractivity contribution in [2.24, 2.45) is 0 Å². The molecule has 1 fully saturated rings. The van der Waals surface area contributed by atoms with Crippen LogP contribution in [-0.2, 0) is 14.4 Å². The first kappa shape index (κ1) is 22.0. The van der Waals surface area contributed by atoms with E-state index in [1.54, 1.807) is 30.3 Å². The van der Waals surface area contributed by atoms with Crippen LogP contribution in [0.25, 0.3) is 5.57 Å². The number of para-hydroxylation sites is 1. The van der Waals surface area contributed by atoms with Crippen LogP contribution in [0, 0.1) is 13.8 Å². The molecule has 0 aliphatic carbocycles. The number of rotatable bonds is 5. The van der Waals surface area contributed by atoms with Crippen molar-refractivity contribution < 1.29 is 14.4 Å². The molecule has 6 nitrogen and oxygen atoms in total. The minimum Gasteiger partial charge on any atom is -0.325 e. The third-order valence-corrected chi connectivity index (χ3v) is 6.85. The second kappa shape index (κ2) is 8.72. The topological polar surface area (TPSA) is 69.7 Å². The van der Waals surface area contributed by atoms with E-state index in [0.717, 1.165) is 22.9 Å². The minimum atomic E-state index is -0.388. The average Bonchev–Trinajstić information content (AvgIpc) is 3.19. The second-order valence-electron chi connectivity index (χ2n) is 7.53. The molecule has 2 aromatic rings. The maximum atomic E-state index is 13.4. The number of hydrogen-bond acceptors (Lipinski definition) is 5.